The van der Waals surface area contributed by atoms with Gasteiger partial charge in [0.2, 0.25) is 5.91 Å². The molecular weight excluding hydrogens is 284 g/mol. The molecule has 0 saturated carbocycles. The first kappa shape index (κ1) is 15.9. The fraction of sp³-hybridized carbons (Fsp3) is 0.467. The number of amides is 4. The Balaban J connectivity index is 2.06. The molecule has 0 atom stereocenters. The van der Waals surface area contributed by atoms with Crippen molar-refractivity contribution in [1.29, 1.82) is 0 Å². The molecule has 0 aliphatic carbocycles. The number of urea groups is 1. The third kappa shape index (κ3) is 2.93. The Morgan fingerprint density at radius 2 is 2.05 bits per heavy atom. The van der Waals surface area contributed by atoms with Gasteiger partial charge in [-0.25, -0.2) is 9.78 Å². The van der Waals surface area contributed by atoms with Gasteiger partial charge in [0.15, 0.2) is 0 Å². The van der Waals surface area contributed by atoms with Crippen LogP contribution >= 0.6 is 0 Å². The Morgan fingerprint density at radius 3 is 2.59 bits per heavy atom. The molecule has 0 radical (unpaired) electrons. The first-order valence-corrected chi connectivity index (χ1v) is 7.28. The molecule has 7 heteroatoms. The molecule has 0 aromatic carbocycles. The van der Waals surface area contributed by atoms with Crippen LogP contribution in [0.3, 0.4) is 0 Å². The molecule has 1 fully saturated rings. The summed E-state index contributed by atoms with van der Waals surface area (Å²) in [5.41, 5.74) is 0.0650. The van der Waals surface area contributed by atoms with Gasteiger partial charge in [0, 0.05) is 6.20 Å². The number of carbonyl (C=O) groups excluding carboxylic acids is 3. The van der Waals surface area contributed by atoms with Gasteiger partial charge in [-0.1, -0.05) is 13.8 Å². The predicted octanol–water partition coefficient (Wildman–Crippen LogP) is 1.44. The number of imide groups is 1. The molecule has 118 valence electrons. The van der Waals surface area contributed by atoms with Gasteiger partial charge >= 0.3 is 6.03 Å². The van der Waals surface area contributed by atoms with E-state index in [0.29, 0.717) is 18.7 Å². The number of carbonyl (C=O) groups is 3. The summed E-state index contributed by atoms with van der Waals surface area (Å²) >= 11 is 0. The van der Waals surface area contributed by atoms with E-state index in [-0.39, 0.29) is 12.5 Å². The SMILES string of the molecule is CCC1(CC)NC(=O)N(CC(=O)Nc2cc(C)ccn2)C1=O. The van der Waals surface area contributed by atoms with E-state index < -0.39 is 17.5 Å². The maximum absolute atomic E-state index is 12.4. The third-order valence-electron chi connectivity index (χ3n) is 3.94. The minimum Gasteiger partial charge on any atom is -0.323 e. The highest BCUT2D eigenvalue weighted by atomic mass is 16.2. The van der Waals surface area contributed by atoms with E-state index in [0.717, 1.165) is 10.5 Å². The van der Waals surface area contributed by atoms with Crippen LogP contribution in [0.2, 0.25) is 0 Å². The lowest BCUT2D eigenvalue weighted by molar-refractivity contribution is -0.134. The Morgan fingerprint density at radius 1 is 1.36 bits per heavy atom. The van der Waals surface area contributed by atoms with E-state index in [2.05, 4.69) is 15.6 Å². The van der Waals surface area contributed by atoms with Crippen molar-refractivity contribution in [2.24, 2.45) is 0 Å². The number of nitrogens with zero attached hydrogens (tertiary/aromatic N) is 2. The number of nitrogens with one attached hydrogen (secondary N) is 2. The number of pyridine rings is 1. The predicted molar refractivity (Wildman–Crippen MR) is 81.2 cm³/mol. The monoisotopic (exact) mass is 304 g/mol. The number of aryl methyl sites for hydroxylation is 1. The summed E-state index contributed by atoms with van der Waals surface area (Å²) < 4.78 is 0. The second-order valence-corrected chi connectivity index (χ2v) is 5.38. The molecule has 1 aliphatic heterocycles. The number of rotatable bonds is 5. The van der Waals surface area contributed by atoms with E-state index >= 15 is 0 Å². The van der Waals surface area contributed by atoms with Crippen molar-refractivity contribution in [1.82, 2.24) is 15.2 Å². The number of anilines is 1. The maximum atomic E-state index is 12.4. The van der Waals surface area contributed by atoms with Crippen LogP contribution in [0.15, 0.2) is 18.3 Å². The first-order valence-electron chi connectivity index (χ1n) is 7.28. The minimum atomic E-state index is -0.890. The Kier molecular flexibility index (Phi) is 4.44. The average Bonchev–Trinajstić information content (AvgIpc) is 2.72. The quantitative estimate of drug-likeness (QED) is 0.805. The molecule has 1 saturated heterocycles. The zero-order valence-corrected chi connectivity index (χ0v) is 13.0. The van der Waals surface area contributed by atoms with Crippen molar-refractivity contribution in [2.75, 3.05) is 11.9 Å². The molecule has 1 aromatic rings. The van der Waals surface area contributed by atoms with Gasteiger partial charge in [0.05, 0.1) is 0 Å². The normalized spacial score (nSPS) is 16.6. The lowest BCUT2D eigenvalue weighted by atomic mass is 9.93. The van der Waals surface area contributed by atoms with Crippen LogP contribution < -0.4 is 10.6 Å². The summed E-state index contributed by atoms with van der Waals surface area (Å²) in [6.07, 6.45) is 2.56. The fourth-order valence-corrected chi connectivity index (χ4v) is 2.48. The smallest absolute Gasteiger partial charge is 0.323 e. The molecule has 7 nitrogen and oxygen atoms in total. The molecule has 22 heavy (non-hydrogen) atoms. The van der Waals surface area contributed by atoms with Crippen LogP contribution in [-0.4, -0.2) is 39.8 Å². The first-order chi connectivity index (χ1) is 10.4. The van der Waals surface area contributed by atoms with Crippen LogP contribution in [0.25, 0.3) is 0 Å². The lowest BCUT2D eigenvalue weighted by Crippen LogP contribution is -2.46. The summed E-state index contributed by atoms with van der Waals surface area (Å²) in [4.78, 5) is 41.4. The molecule has 0 bridgehead atoms. The van der Waals surface area contributed by atoms with Crippen molar-refractivity contribution in [3.8, 4) is 0 Å². The Hall–Kier alpha value is -2.44. The van der Waals surface area contributed by atoms with E-state index in [1.165, 1.54) is 0 Å². The summed E-state index contributed by atoms with van der Waals surface area (Å²) in [7, 11) is 0. The van der Waals surface area contributed by atoms with Gasteiger partial charge in [-0.05, 0) is 37.5 Å². The van der Waals surface area contributed by atoms with Crippen molar-refractivity contribution in [3.05, 3.63) is 23.9 Å². The summed E-state index contributed by atoms with van der Waals surface area (Å²) in [6, 6.07) is 3.00. The zero-order chi connectivity index (χ0) is 16.3. The van der Waals surface area contributed by atoms with Gasteiger partial charge in [0.25, 0.3) is 5.91 Å². The van der Waals surface area contributed by atoms with Gasteiger partial charge < -0.3 is 10.6 Å². The van der Waals surface area contributed by atoms with E-state index in [9.17, 15) is 14.4 Å². The van der Waals surface area contributed by atoms with Gasteiger partial charge in [-0.2, -0.15) is 0 Å². The maximum Gasteiger partial charge on any atom is 0.325 e. The highest BCUT2D eigenvalue weighted by molar-refractivity contribution is 6.10. The second-order valence-electron chi connectivity index (χ2n) is 5.38. The summed E-state index contributed by atoms with van der Waals surface area (Å²) in [6.45, 7) is 5.23. The van der Waals surface area contributed by atoms with Crippen molar-refractivity contribution in [2.45, 2.75) is 39.2 Å². The zero-order valence-electron chi connectivity index (χ0n) is 13.0. The Labute approximate surface area is 129 Å². The van der Waals surface area contributed by atoms with Gasteiger partial charge in [0.1, 0.15) is 17.9 Å². The molecule has 0 spiro atoms. The Bertz CT molecular complexity index is 611. The van der Waals surface area contributed by atoms with Crippen molar-refractivity contribution < 1.29 is 14.4 Å². The highest BCUT2D eigenvalue weighted by Crippen LogP contribution is 2.24. The number of hydrogen-bond acceptors (Lipinski definition) is 4. The molecule has 0 unspecified atom stereocenters. The fourth-order valence-electron chi connectivity index (χ4n) is 2.48. The van der Waals surface area contributed by atoms with Crippen LogP contribution in [0.1, 0.15) is 32.3 Å². The minimum absolute atomic E-state index is 0.317. The molecule has 2 N–H and O–H groups in total. The topological polar surface area (TPSA) is 91.4 Å². The van der Waals surface area contributed by atoms with Crippen LogP contribution in [0.4, 0.5) is 10.6 Å². The van der Waals surface area contributed by atoms with Gasteiger partial charge in [-0.15, -0.1) is 0 Å². The number of aromatic nitrogens is 1. The standard InChI is InChI=1S/C15H20N4O3/c1-4-15(5-2)13(21)19(14(22)18-15)9-12(20)17-11-8-10(3)6-7-16-11/h6-8H,4-5,9H2,1-3H3,(H,18,22)(H,16,17,20). The molecule has 2 heterocycles. The van der Waals surface area contributed by atoms with E-state index in [4.69, 9.17) is 0 Å². The van der Waals surface area contributed by atoms with Crippen LogP contribution in [0, 0.1) is 6.92 Å². The summed E-state index contributed by atoms with van der Waals surface area (Å²) in [5, 5.41) is 5.28. The summed E-state index contributed by atoms with van der Waals surface area (Å²) in [5.74, 6) is -0.409. The van der Waals surface area contributed by atoms with E-state index in [1.807, 2.05) is 26.8 Å². The molecule has 1 aromatic heterocycles. The molecule has 1 aliphatic rings. The lowest BCUT2D eigenvalue weighted by Gasteiger charge is -2.22. The highest BCUT2D eigenvalue weighted by Gasteiger charge is 2.49. The molecule has 2 rings (SSSR count). The molecular formula is C15H20N4O3. The third-order valence-corrected chi connectivity index (χ3v) is 3.94. The number of hydrogen-bond donors (Lipinski definition) is 2. The van der Waals surface area contributed by atoms with Crippen LogP contribution in [0.5, 0.6) is 0 Å². The molecule has 4 amide bonds. The van der Waals surface area contributed by atoms with E-state index in [1.54, 1.807) is 12.3 Å². The largest absolute Gasteiger partial charge is 0.325 e. The van der Waals surface area contributed by atoms with Crippen molar-refractivity contribution >= 4 is 23.7 Å². The van der Waals surface area contributed by atoms with Crippen molar-refractivity contribution in [3.63, 3.8) is 0 Å². The van der Waals surface area contributed by atoms with Crippen LogP contribution in [-0.2, 0) is 9.59 Å². The second kappa shape index (κ2) is 6.13. The van der Waals surface area contributed by atoms with Gasteiger partial charge in [-0.3, -0.25) is 14.5 Å². The average molecular weight is 304 g/mol.